The van der Waals surface area contributed by atoms with Crippen LogP contribution in [-0.2, 0) is 0 Å². The van der Waals surface area contributed by atoms with Gasteiger partial charge in [0.2, 0.25) is 0 Å². The van der Waals surface area contributed by atoms with Crippen molar-refractivity contribution in [3.63, 3.8) is 0 Å². The van der Waals surface area contributed by atoms with Crippen molar-refractivity contribution in [1.82, 2.24) is 0 Å². The van der Waals surface area contributed by atoms with Gasteiger partial charge in [0.1, 0.15) is 6.61 Å². The van der Waals surface area contributed by atoms with E-state index in [-0.39, 0.29) is 40.0 Å². The Morgan fingerprint density at radius 1 is 1.36 bits per heavy atom. The first-order valence-corrected chi connectivity index (χ1v) is 3.96. The summed E-state index contributed by atoms with van der Waals surface area (Å²) in [4.78, 5) is 0. The van der Waals surface area contributed by atoms with Crippen LogP contribution in [0, 0.1) is 19.9 Å². The summed E-state index contributed by atoms with van der Waals surface area (Å²) in [5, 5.41) is 0. The molecule has 72 valence electrons. The maximum atomic E-state index is 5.38. The molecule has 0 aliphatic carbocycles. The Bertz CT molecular complexity index is 266. The Kier molecular flexibility index (Phi) is 9.77. The van der Waals surface area contributed by atoms with E-state index in [0.29, 0.717) is 6.61 Å². The second kappa shape index (κ2) is 8.33. The largest absolute Gasteiger partial charge is 2.00 e. The van der Waals surface area contributed by atoms with E-state index in [1.165, 1.54) is 0 Å². The molecule has 0 amide bonds. The quantitative estimate of drug-likeness (QED) is 0.399. The van der Waals surface area contributed by atoms with Gasteiger partial charge >= 0.3 is 23.1 Å². The summed E-state index contributed by atoms with van der Waals surface area (Å²) in [6.45, 7) is 8.16. The number of hydrogen-bond acceptors (Lipinski definition) is 1. The fourth-order valence-electron chi connectivity index (χ4n) is 1.09. The minimum atomic E-state index is 0. The van der Waals surface area contributed by atoms with Crippen LogP contribution in [-0.4, -0.2) is 29.7 Å². The van der Waals surface area contributed by atoms with E-state index in [9.17, 15) is 0 Å². The van der Waals surface area contributed by atoms with Crippen LogP contribution in [0.4, 0.5) is 0 Å². The third-order valence-electron chi connectivity index (χ3n) is 1.48. The molecule has 0 saturated carbocycles. The Hall–Kier alpha value is 0.00623. The molecule has 0 N–H and O–H groups in total. The third kappa shape index (κ3) is 5.68. The van der Waals surface area contributed by atoms with Gasteiger partial charge in [-0.2, -0.15) is 17.2 Å². The van der Waals surface area contributed by atoms with E-state index in [0.717, 1.165) is 16.9 Å². The molecule has 0 aromatic heterocycles. The molecule has 0 spiro atoms. The van der Waals surface area contributed by atoms with Gasteiger partial charge in [-0.05, 0) is 0 Å². The number of rotatable bonds is 3. The topological polar surface area (TPSA) is 9.23 Å². The van der Waals surface area contributed by atoms with Gasteiger partial charge in [0.25, 0.3) is 0 Å². The molecule has 1 rings (SSSR count). The second-order valence-electron chi connectivity index (χ2n) is 2.78. The SMILES string of the molecule is C=CCOc1cc(C)[c-]c(C)c1.[Br-].[Mg+2]. The molecule has 1 aromatic carbocycles. The zero-order valence-corrected chi connectivity index (χ0v) is 11.6. The summed E-state index contributed by atoms with van der Waals surface area (Å²) >= 11 is 0. The van der Waals surface area contributed by atoms with Crippen LogP contribution in [0.3, 0.4) is 0 Å². The van der Waals surface area contributed by atoms with E-state index in [1.54, 1.807) is 6.08 Å². The Morgan fingerprint density at radius 3 is 2.29 bits per heavy atom. The van der Waals surface area contributed by atoms with Crippen LogP contribution in [0.15, 0.2) is 24.8 Å². The zero-order chi connectivity index (χ0) is 8.97. The maximum absolute atomic E-state index is 5.38. The standard InChI is InChI=1S/C11H13O.BrH.Mg/c1-4-5-12-11-7-9(2)6-10(3)8-11;;/h4,7-8H,1,5H2,2-3H3;1H;/q-1;;+2/p-1. The van der Waals surface area contributed by atoms with Crippen molar-refractivity contribution in [2.45, 2.75) is 13.8 Å². The first-order chi connectivity index (χ1) is 5.72. The van der Waals surface area contributed by atoms with E-state index in [4.69, 9.17) is 4.74 Å². The smallest absolute Gasteiger partial charge is 1.00 e. The number of benzene rings is 1. The number of ether oxygens (including phenoxy) is 1. The average Bonchev–Trinajstić information content (AvgIpc) is 1.99. The molecule has 14 heavy (non-hydrogen) atoms. The number of halogens is 1. The van der Waals surface area contributed by atoms with Gasteiger partial charge in [-0.1, -0.05) is 26.5 Å². The third-order valence-corrected chi connectivity index (χ3v) is 1.48. The van der Waals surface area contributed by atoms with Crippen LogP contribution < -0.4 is 21.7 Å². The van der Waals surface area contributed by atoms with Crippen molar-refractivity contribution in [3.05, 3.63) is 42.0 Å². The maximum Gasteiger partial charge on any atom is 2.00 e. The fraction of sp³-hybridized carbons (Fsp3) is 0.273. The van der Waals surface area contributed by atoms with Crippen molar-refractivity contribution < 1.29 is 21.7 Å². The number of aryl methyl sites for hydroxylation is 2. The van der Waals surface area contributed by atoms with Gasteiger partial charge in [-0.3, -0.25) is 0 Å². The molecule has 1 aromatic rings. The van der Waals surface area contributed by atoms with Crippen LogP contribution >= 0.6 is 0 Å². The minimum absolute atomic E-state index is 0. The normalized spacial score (nSPS) is 8.14. The van der Waals surface area contributed by atoms with Gasteiger partial charge in [-0.25, -0.2) is 0 Å². The van der Waals surface area contributed by atoms with Crippen LogP contribution in [0.5, 0.6) is 5.75 Å². The van der Waals surface area contributed by atoms with Crippen LogP contribution in [0.2, 0.25) is 0 Å². The van der Waals surface area contributed by atoms with E-state index >= 15 is 0 Å². The van der Waals surface area contributed by atoms with Gasteiger partial charge in [0.05, 0.1) is 0 Å². The Balaban J connectivity index is 0. The summed E-state index contributed by atoms with van der Waals surface area (Å²) in [5.41, 5.74) is 2.21. The first-order valence-electron chi connectivity index (χ1n) is 3.96. The van der Waals surface area contributed by atoms with Crippen molar-refractivity contribution in [1.29, 1.82) is 0 Å². The molecule has 0 heterocycles. The summed E-state index contributed by atoms with van der Waals surface area (Å²) in [7, 11) is 0. The predicted molar refractivity (Wildman–Crippen MR) is 56.2 cm³/mol. The minimum Gasteiger partial charge on any atom is -1.00 e. The summed E-state index contributed by atoms with van der Waals surface area (Å²) in [5.74, 6) is 0.892. The molecule has 1 nitrogen and oxygen atoms in total. The Morgan fingerprint density at radius 2 is 1.86 bits per heavy atom. The molecular weight excluding hydrogens is 252 g/mol. The van der Waals surface area contributed by atoms with Crippen LogP contribution in [0.1, 0.15) is 11.1 Å². The molecule has 0 saturated heterocycles. The molecule has 0 aliphatic heterocycles. The molecule has 0 fully saturated rings. The molecule has 0 aliphatic rings. The monoisotopic (exact) mass is 264 g/mol. The fourth-order valence-corrected chi connectivity index (χ4v) is 1.09. The average molecular weight is 265 g/mol. The Labute approximate surface area is 112 Å². The van der Waals surface area contributed by atoms with Gasteiger partial charge in [-0.15, -0.1) is 12.1 Å². The van der Waals surface area contributed by atoms with E-state index in [1.807, 2.05) is 26.0 Å². The second-order valence-corrected chi connectivity index (χ2v) is 2.78. The van der Waals surface area contributed by atoms with Crippen molar-refractivity contribution >= 4 is 23.1 Å². The number of hydrogen-bond donors (Lipinski definition) is 0. The molecule has 3 heteroatoms. The molecule has 0 radical (unpaired) electrons. The van der Waals surface area contributed by atoms with Gasteiger partial charge in [0.15, 0.2) is 0 Å². The van der Waals surface area contributed by atoms with Crippen LogP contribution in [0.25, 0.3) is 0 Å². The predicted octanol–water partition coefficient (Wildman–Crippen LogP) is -0.708. The van der Waals surface area contributed by atoms with E-state index < -0.39 is 0 Å². The molecule has 0 unspecified atom stereocenters. The summed E-state index contributed by atoms with van der Waals surface area (Å²) < 4.78 is 5.38. The van der Waals surface area contributed by atoms with E-state index in [2.05, 4.69) is 12.6 Å². The van der Waals surface area contributed by atoms with Crippen molar-refractivity contribution in [2.24, 2.45) is 0 Å². The van der Waals surface area contributed by atoms with Crippen molar-refractivity contribution in [3.8, 4) is 5.75 Å². The molecule has 0 atom stereocenters. The van der Waals surface area contributed by atoms with Crippen molar-refractivity contribution in [2.75, 3.05) is 6.61 Å². The molecular formula is C11H13BrMgO. The van der Waals surface area contributed by atoms with Gasteiger partial charge < -0.3 is 21.7 Å². The zero-order valence-electron chi connectivity index (χ0n) is 8.64. The molecule has 0 bridgehead atoms. The summed E-state index contributed by atoms with van der Waals surface area (Å²) in [6, 6.07) is 7.12. The summed E-state index contributed by atoms with van der Waals surface area (Å²) in [6.07, 6.45) is 1.74. The van der Waals surface area contributed by atoms with Gasteiger partial charge in [0, 0.05) is 5.75 Å². The first kappa shape index (κ1) is 16.4.